The molecule has 1 aliphatic heterocycles. The predicted molar refractivity (Wildman–Crippen MR) is 115 cm³/mol. The topological polar surface area (TPSA) is 62.3 Å². The molecule has 1 aromatic heterocycles. The minimum absolute atomic E-state index is 0.0639. The van der Waals surface area contributed by atoms with Crippen molar-refractivity contribution in [1.29, 1.82) is 0 Å². The highest BCUT2D eigenvalue weighted by Gasteiger charge is 2.25. The van der Waals surface area contributed by atoms with Gasteiger partial charge < -0.3 is 10.2 Å². The summed E-state index contributed by atoms with van der Waals surface area (Å²) >= 11 is 1.47. The smallest absolute Gasteiger partial charge is 0.251 e. The lowest BCUT2D eigenvalue weighted by molar-refractivity contribution is -0.116. The van der Waals surface area contributed by atoms with Crippen LogP contribution < -0.4 is 10.2 Å². The molecule has 2 amide bonds. The maximum Gasteiger partial charge on any atom is 0.251 e. The van der Waals surface area contributed by atoms with Crippen LogP contribution in [0.3, 0.4) is 0 Å². The number of carbonyl (C=O) groups is 2. The van der Waals surface area contributed by atoms with Gasteiger partial charge >= 0.3 is 0 Å². The number of hydrogen-bond acceptors (Lipinski definition) is 4. The van der Waals surface area contributed by atoms with Crippen LogP contribution in [-0.2, 0) is 11.3 Å². The maximum atomic E-state index is 12.6. The second-order valence-corrected chi connectivity index (χ2v) is 7.86. The molecule has 6 heteroatoms. The van der Waals surface area contributed by atoms with Crippen molar-refractivity contribution in [2.45, 2.75) is 24.5 Å². The van der Waals surface area contributed by atoms with Crippen molar-refractivity contribution < 1.29 is 9.59 Å². The summed E-state index contributed by atoms with van der Waals surface area (Å²) in [4.78, 5) is 31.1. The van der Waals surface area contributed by atoms with Gasteiger partial charge in [-0.2, -0.15) is 0 Å². The van der Waals surface area contributed by atoms with E-state index in [1.165, 1.54) is 11.8 Å². The van der Waals surface area contributed by atoms with E-state index in [1.54, 1.807) is 23.2 Å². The molecule has 0 radical (unpaired) electrons. The fraction of sp³-hybridized carbons (Fsp3) is 0.174. The molecule has 29 heavy (non-hydrogen) atoms. The lowest BCUT2D eigenvalue weighted by atomic mass is 10.1. The van der Waals surface area contributed by atoms with Crippen LogP contribution in [0.1, 0.15) is 34.5 Å². The summed E-state index contributed by atoms with van der Waals surface area (Å²) in [6.45, 7) is 2.42. The van der Waals surface area contributed by atoms with Crippen LogP contribution in [0.15, 0.2) is 78.0 Å². The molecule has 1 N–H and O–H groups in total. The Bertz CT molecular complexity index is 1020. The molecule has 2 aromatic carbocycles. The van der Waals surface area contributed by atoms with Crippen molar-refractivity contribution >= 4 is 29.3 Å². The molecule has 3 aromatic rings. The number of pyridine rings is 1. The zero-order valence-corrected chi connectivity index (χ0v) is 16.9. The average Bonchev–Trinajstić information content (AvgIpc) is 2.77. The van der Waals surface area contributed by atoms with Crippen LogP contribution in [0, 0.1) is 0 Å². The van der Waals surface area contributed by atoms with Crippen LogP contribution in [0.5, 0.6) is 0 Å². The van der Waals surface area contributed by atoms with Gasteiger partial charge in [-0.3, -0.25) is 9.59 Å². The summed E-state index contributed by atoms with van der Waals surface area (Å²) in [6, 6.07) is 20.9. The van der Waals surface area contributed by atoms with Gasteiger partial charge in [0.1, 0.15) is 5.03 Å². The van der Waals surface area contributed by atoms with Crippen molar-refractivity contribution in [3.63, 3.8) is 0 Å². The SMILES string of the molecule is C[C@@H](NC(=O)c1ccc(CN2C(=O)CSc3ncccc32)cc1)c1ccccc1. The monoisotopic (exact) mass is 403 g/mol. The summed E-state index contributed by atoms with van der Waals surface area (Å²) < 4.78 is 0. The van der Waals surface area contributed by atoms with Crippen LogP contribution in [-0.4, -0.2) is 22.6 Å². The van der Waals surface area contributed by atoms with Gasteiger partial charge in [0.15, 0.2) is 0 Å². The summed E-state index contributed by atoms with van der Waals surface area (Å²) in [5.74, 6) is 0.337. The molecule has 0 saturated heterocycles. The number of thioether (sulfide) groups is 1. The van der Waals surface area contributed by atoms with E-state index in [9.17, 15) is 9.59 Å². The van der Waals surface area contributed by atoms with Gasteiger partial charge in [0.2, 0.25) is 5.91 Å². The van der Waals surface area contributed by atoms with Gasteiger partial charge in [0, 0.05) is 11.8 Å². The van der Waals surface area contributed by atoms with Crippen molar-refractivity contribution in [3.8, 4) is 0 Å². The first-order valence-electron chi connectivity index (χ1n) is 9.45. The Balaban J connectivity index is 1.44. The fourth-order valence-corrected chi connectivity index (χ4v) is 4.14. The zero-order valence-electron chi connectivity index (χ0n) is 16.0. The molecule has 0 aliphatic carbocycles. The number of anilines is 1. The highest BCUT2D eigenvalue weighted by molar-refractivity contribution is 8.00. The summed E-state index contributed by atoms with van der Waals surface area (Å²) in [6.07, 6.45) is 1.74. The van der Waals surface area contributed by atoms with Crippen molar-refractivity contribution in [1.82, 2.24) is 10.3 Å². The third kappa shape index (κ3) is 4.32. The molecule has 5 nitrogen and oxygen atoms in total. The summed E-state index contributed by atoms with van der Waals surface area (Å²) in [7, 11) is 0. The number of carbonyl (C=O) groups excluding carboxylic acids is 2. The Morgan fingerprint density at radius 1 is 1.10 bits per heavy atom. The lowest BCUT2D eigenvalue weighted by Crippen LogP contribution is -2.35. The molecule has 0 unspecified atom stereocenters. The minimum atomic E-state index is -0.118. The Morgan fingerprint density at radius 3 is 2.62 bits per heavy atom. The number of nitrogens with one attached hydrogen (secondary N) is 1. The van der Waals surface area contributed by atoms with E-state index in [0.717, 1.165) is 21.8 Å². The molecule has 4 rings (SSSR count). The third-order valence-electron chi connectivity index (χ3n) is 4.88. The molecule has 0 saturated carbocycles. The molecular weight excluding hydrogens is 382 g/mol. The third-order valence-corrected chi connectivity index (χ3v) is 5.86. The molecule has 146 valence electrons. The van der Waals surface area contributed by atoms with Crippen LogP contribution in [0.2, 0.25) is 0 Å². The van der Waals surface area contributed by atoms with Gasteiger partial charge in [-0.25, -0.2) is 4.98 Å². The molecular formula is C23H21N3O2S. The largest absolute Gasteiger partial charge is 0.346 e. The highest BCUT2D eigenvalue weighted by Crippen LogP contribution is 2.34. The predicted octanol–water partition coefficient (Wildman–Crippen LogP) is 4.21. The summed E-state index contributed by atoms with van der Waals surface area (Å²) in [5, 5.41) is 3.89. The van der Waals surface area contributed by atoms with E-state index < -0.39 is 0 Å². The normalized spacial score (nSPS) is 14.2. The number of aromatic nitrogens is 1. The molecule has 0 bridgehead atoms. The number of amides is 2. The minimum Gasteiger partial charge on any atom is -0.346 e. The molecule has 0 fully saturated rings. The van der Waals surface area contributed by atoms with Crippen LogP contribution >= 0.6 is 11.8 Å². The fourth-order valence-electron chi connectivity index (χ4n) is 3.26. The van der Waals surface area contributed by atoms with Gasteiger partial charge in [0.25, 0.3) is 5.91 Å². The Hall–Kier alpha value is -3.12. The number of benzene rings is 2. The number of fused-ring (bicyclic) bond motifs is 1. The zero-order chi connectivity index (χ0) is 20.2. The first-order chi connectivity index (χ1) is 14.1. The number of rotatable bonds is 5. The second-order valence-electron chi connectivity index (χ2n) is 6.90. The van der Waals surface area contributed by atoms with Crippen molar-refractivity contribution in [2.75, 3.05) is 10.7 Å². The Labute approximate surface area is 174 Å². The van der Waals surface area contributed by atoms with E-state index in [2.05, 4.69) is 10.3 Å². The van der Waals surface area contributed by atoms with Gasteiger partial charge in [-0.05, 0) is 42.3 Å². The first kappa shape index (κ1) is 19.2. The number of nitrogens with zero attached hydrogens (tertiary/aromatic N) is 2. The van der Waals surface area contributed by atoms with E-state index in [-0.39, 0.29) is 17.9 Å². The highest BCUT2D eigenvalue weighted by atomic mass is 32.2. The van der Waals surface area contributed by atoms with E-state index >= 15 is 0 Å². The summed E-state index contributed by atoms with van der Waals surface area (Å²) in [5.41, 5.74) is 3.46. The van der Waals surface area contributed by atoms with E-state index in [4.69, 9.17) is 0 Å². The van der Waals surface area contributed by atoms with E-state index in [1.807, 2.05) is 61.5 Å². The van der Waals surface area contributed by atoms with Gasteiger partial charge in [-0.1, -0.05) is 54.2 Å². The van der Waals surface area contributed by atoms with Gasteiger partial charge in [-0.15, -0.1) is 0 Å². The average molecular weight is 404 g/mol. The lowest BCUT2D eigenvalue weighted by Gasteiger charge is -2.28. The standard InChI is InChI=1S/C23H21N3O2S/c1-16(18-6-3-2-4-7-18)25-22(28)19-11-9-17(10-12-19)14-26-20-8-5-13-24-23(20)29-15-21(26)27/h2-13,16H,14-15H2,1H3,(H,25,28)/t16-/m1/s1. The molecule has 0 spiro atoms. The quantitative estimate of drug-likeness (QED) is 0.693. The second kappa shape index (κ2) is 8.49. The van der Waals surface area contributed by atoms with Crippen LogP contribution in [0.4, 0.5) is 5.69 Å². The number of hydrogen-bond donors (Lipinski definition) is 1. The van der Waals surface area contributed by atoms with Gasteiger partial charge in [0.05, 0.1) is 24.0 Å². The van der Waals surface area contributed by atoms with Crippen molar-refractivity contribution in [2.24, 2.45) is 0 Å². The van der Waals surface area contributed by atoms with Crippen molar-refractivity contribution in [3.05, 3.63) is 89.6 Å². The first-order valence-corrected chi connectivity index (χ1v) is 10.4. The van der Waals surface area contributed by atoms with Crippen LogP contribution in [0.25, 0.3) is 0 Å². The molecule has 1 aliphatic rings. The maximum absolute atomic E-state index is 12.6. The molecule has 2 heterocycles. The Kier molecular flexibility index (Phi) is 5.62. The Morgan fingerprint density at radius 2 is 1.86 bits per heavy atom. The van der Waals surface area contributed by atoms with E-state index in [0.29, 0.717) is 17.9 Å². The molecule has 1 atom stereocenters.